The first kappa shape index (κ1) is 18.9. The number of benzene rings is 1. The number of hydrogen-bond donors (Lipinski definition) is 1. The van der Waals surface area contributed by atoms with E-state index in [0.717, 1.165) is 40.1 Å². The maximum absolute atomic E-state index is 11.1. The van der Waals surface area contributed by atoms with Crippen LogP contribution in [0.4, 0.5) is 0 Å². The fraction of sp³-hybridized carbons (Fsp3) is 0.261. The van der Waals surface area contributed by atoms with E-state index in [2.05, 4.69) is 16.8 Å². The van der Waals surface area contributed by atoms with Gasteiger partial charge in [0.2, 0.25) is 0 Å². The van der Waals surface area contributed by atoms with Crippen LogP contribution < -0.4 is 0 Å². The molecule has 2 aromatic heterocycles. The number of carboxylic acid groups (broad SMARTS) is 1. The maximum Gasteiger partial charge on any atom is 0.335 e. The molecule has 2 aliphatic heterocycles. The number of nitrogens with zero attached hydrogens (tertiary/aromatic N) is 3. The monoisotopic (exact) mass is 419 g/mol. The highest BCUT2D eigenvalue weighted by Gasteiger charge is 2.46. The van der Waals surface area contributed by atoms with Crippen molar-refractivity contribution in [3.8, 4) is 11.3 Å². The van der Waals surface area contributed by atoms with Gasteiger partial charge in [-0.05, 0) is 42.8 Å². The molecule has 0 amide bonds. The average molecular weight is 420 g/mol. The summed E-state index contributed by atoms with van der Waals surface area (Å²) in [7, 11) is 0. The molecule has 6 nitrogen and oxygen atoms in total. The number of fused-ring (bicyclic) bond motifs is 1. The minimum atomic E-state index is -0.937. The Balaban J connectivity index is 1.51. The predicted molar refractivity (Wildman–Crippen MR) is 117 cm³/mol. The van der Waals surface area contributed by atoms with Crippen LogP contribution in [0.15, 0.2) is 70.2 Å². The number of amidine groups is 1. The largest absolute Gasteiger partial charge is 0.478 e. The van der Waals surface area contributed by atoms with Crippen molar-refractivity contribution in [3.05, 3.63) is 77.8 Å². The molecule has 1 aromatic carbocycles. The van der Waals surface area contributed by atoms with Gasteiger partial charge in [0.05, 0.1) is 11.3 Å². The molecule has 152 valence electrons. The molecule has 0 radical (unpaired) electrons. The normalized spacial score (nSPS) is 22.8. The molecule has 3 atom stereocenters. The number of aliphatic imine (C=N–C) groups is 1. The molecule has 5 rings (SSSR count). The van der Waals surface area contributed by atoms with E-state index in [1.54, 1.807) is 42.2 Å². The maximum atomic E-state index is 11.1. The lowest BCUT2D eigenvalue weighted by Gasteiger charge is -2.30. The van der Waals surface area contributed by atoms with Gasteiger partial charge < -0.3 is 14.4 Å². The van der Waals surface area contributed by atoms with Gasteiger partial charge in [0.15, 0.2) is 5.17 Å². The third-order valence-electron chi connectivity index (χ3n) is 5.66. The summed E-state index contributed by atoms with van der Waals surface area (Å²) >= 11 is 1.80. The molecule has 1 saturated heterocycles. The van der Waals surface area contributed by atoms with E-state index < -0.39 is 5.97 Å². The fourth-order valence-electron chi connectivity index (χ4n) is 4.10. The highest BCUT2D eigenvalue weighted by molar-refractivity contribution is 8.14. The average Bonchev–Trinajstić information content (AvgIpc) is 3.49. The topological polar surface area (TPSA) is 78.9 Å². The van der Waals surface area contributed by atoms with E-state index in [9.17, 15) is 4.79 Å². The van der Waals surface area contributed by atoms with Crippen molar-refractivity contribution in [3.63, 3.8) is 0 Å². The van der Waals surface area contributed by atoms with Gasteiger partial charge in [-0.3, -0.25) is 4.98 Å². The summed E-state index contributed by atoms with van der Waals surface area (Å²) in [6, 6.07) is 16.9. The number of hydrogen-bond acceptors (Lipinski definition) is 6. The first-order valence-electron chi connectivity index (χ1n) is 9.99. The number of carbonyl (C=O) groups is 1. The molecule has 0 bridgehead atoms. The second-order valence-electron chi connectivity index (χ2n) is 7.42. The zero-order chi connectivity index (χ0) is 20.7. The standard InChI is InChI=1S/C23H21N3O3S/c1-2-16-13-30-23-25-20(17-5-3-4-12-24-17)21(26(16)23)19-11-10-18(29-19)14-6-8-15(9-7-14)22(27)28/h3-12,16,20-21H,2,13H2,1H3,(H,27,28)/t16-,20-,21-/m1/s1. The Morgan fingerprint density at radius 3 is 2.73 bits per heavy atom. The van der Waals surface area contributed by atoms with Crippen molar-refractivity contribution in [2.24, 2.45) is 4.99 Å². The van der Waals surface area contributed by atoms with Gasteiger partial charge in [0, 0.05) is 23.6 Å². The molecule has 0 unspecified atom stereocenters. The van der Waals surface area contributed by atoms with E-state index in [-0.39, 0.29) is 17.6 Å². The zero-order valence-corrected chi connectivity index (χ0v) is 17.2. The number of aromatic nitrogens is 1. The molecule has 4 heterocycles. The van der Waals surface area contributed by atoms with Crippen molar-refractivity contribution in [2.45, 2.75) is 31.5 Å². The number of carboxylic acids is 1. The second-order valence-corrected chi connectivity index (χ2v) is 8.41. The molecule has 2 aliphatic rings. The van der Waals surface area contributed by atoms with Crippen LogP contribution in [0.2, 0.25) is 0 Å². The number of pyridine rings is 1. The third-order valence-corrected chi connectivity index (χ3v) is 6.79. The van der Waals surface area contributed by atoms with E-state index in [4.69, 9.17) is 14.5 Å². The van der Waals surface area contributed by atoms with Crippen molar-refractivity contribution >= 4 is 22.9 Å². The lowest BCUT2D eigenvalue weighted by molar-refractivity contribution is 0.0697. The Bertz CT molecular complexity index is 1090. The summed E-state index contributed by atoms with van der Waals surface area (Å²) in [4.78, 5) is 23.1. The minimum Gasteiger partial charge on any atom is -0.478 e. The lowest BCUT2D eigenvalue weighted by Crippen LogP contribution is -2.35. The SMILES string of the molecule is CC[C@@H]1CSC2=N[C@H](c3ccccn3)[C@@H](c3ccc(-c4ccc(C(=O)O)cc4)o3)N21. The highest BCUT2D eigenvalue weighted by Crippen LogP contribution is 2.49. The molecular weight excluding hydrogens is 398 g/mol. The van der Waals surface area contributed by atoms with Crippen LogP contribution in [0, 0.1) is 0 Å². The summed E-state index contributed by atoms with van der Waals surface area (Å²) in [6.45, 7) is 2.21. The second kappa shape index (κ2) is 7.65. The molecule has 0 aliphatic carbocycles. The van der Waals surface area contributed by atoms with Gasteiger partial charge >= 0.3 is 5.97 Å². The van der Waals surface area contributed by atoms with Gasteiger partial charge in [-0.2, -0.15) is 0 Å². The van der Waals surface area contributed by atoms with Crippen molar-refractivity contribution in [2.75, 3.05) is 5.75 Å². The van der Waals surface area contributed by atoms with Gasteiger partial charge in [-0.1, -0.05) is 36.9 Å². The molecule has 3 aromatic rings. The van der Waals surface area contributed by atoms with Crippen molar-refractivity contribution in [1.29, 1.82) is 0 Å². The van der Waals surface area contributed by atoms with E-state index in [1.807, 2.05) is 30.3 Å². The highest BCUT2D eigenvalue weighted by atomic mass is 32.2. The number of rotatable bonds is 5. The Hall–Kier alpha value is -3.06. The molecule has 7 heteroatoms. The van der Waals surface area contributed by atoms with Gasteiger partial charge in [-0.15, -0.1) is 0 Å². The zero-order valence-electron chi connectivity index (χ0n) is 16.4. The van der Waals surface area contributed by atoms with Crippen LogP contribution >= 0.6 is 11.8 Å². The van der Waals surface area contributed by atoms with Crippen LogP contribution in [-0.4, -0.2) is 37.9 Å². The van der Waals surface area contributed by atoms with Crippen LogP contribution in [0.3, 0.4) is 0 Å². The Morgan fingerprint density at radius 2 is 2.03 bits per heavy atom. The van der Waals surface area contributed by atoms with Crippen LogP contribution in [0.1, 0.15) is 47.2 Å². The van der Waals surface area contributed by atoms with Crippen LogP contribution in [-0.2, 0) is 0 Å². The summed E-state index contributed by atoms with van der Waals surface area (Å²) in [5, 5.41) is 10.2. The van der Waals surface area contributed by atoms with Gasteiger partial charge in [0.1, 0.15) is 23.6 Å². The van der Waals surface area contributed by atoms with Crippen LogP contribution in [0.5, 0.6) is 0 Å². The molecule has 0 saturated carbocycles. The first-order chi connectivity index (χ1) is 14.7. The first-order valence-corrected chi connectivity index (χ1v) is 11.0. The van der Waals surface area contributed by atoms with E-state index in [0.29, 0.717) is 6.04 Å². The van der Waals surface area contributed by atoms with Gasteiger partial charge in [-0.25, -0.2) is 9.79 Å². The van der Waals surface area contributed by atoms with E-state index >= 15 is 0 Å². The molecule has 1 fully saturated rings. The fourth-order valence-corrected chi connectivity index (χ4v) is 5.44. The molecule has 0 spiro atoms. The number of thioether (sulfide) groups is 1. The summed E-state index contributed by atoms with van der Waals surface area (Å²) in [5.41, 5.74) is 2.04. The summed E-state index contributed by atoms with van der Waals surface area (Å²) < 4.78 is 6.31. The Kier molecular flexibility index (Phi) is 4.83. The Morgan fingerprint density at radius 1 is 1.20 bits per heavy atom. The summed E-state index contributed by atoms with van der Waals surface area (Å²) in [6.07, 6.45) is 2.85. The van der Waals surface area contributed by atoms with Gasteiger partial charge in [0.25, 0.3) is 0 Å². The van der Waals surface area contributed by atoms with Crippen LogP contribution in [0.25, 0.3) is 11.3 Å². The quantitative estimate of drug-likeness (QED) is 0.626. The van der Waals surface area contributed by atoms with E-state index in [1.165, 1.54) is 0 Å². The molecule has 30 heavy (non-hydrogen) atoms. The summed E-state index contributed by atoms with van der Waals surface area (Å²) in [5.74, 6) is 1.66. The molecule has 1 N–H and O–H groups in total. The third kappa shape index (κ3) is 3.19. The smallest absolute Gasteiger partial charge is 0.335 e. The number of furan rings is 1. The minimum absolute atomic E-state index is 0.0399. The van der Waals surface area contributed by atoms with Crippen molar-refractivity contribution in [1.82, 2.24) is 9.88 Å². The lowest BCUT2D eigenvalue weighted by atomic mass is 10.0. The Labute approximate surface area is 178 Å². The predicted octanol–water partition coefficient (Wildman–Crippen LogP) is 5.02. The molecular formula is C23H21N3O3S. The number of aromatic carboxylic acids is 1. The van der Waals surface area contributed by atoms with Crippen molar-refractivity contribution < 1.29 is 14.3 Å².